The highest BCUT2D eigenvalue weighted by Crippen LogP contribution is 2.47. The molecule has 1 saturated carbocycles. The van der Waals surface area contributed by atoms with Crippen LogP contribution < -0.4 is 10.3 Å². The van der Waals surface area contributed by atoms with E-state index < -0.39 is 5.97 Å². The number of aromatic nitrogens is 4. The fourth-order valence-corrected chi connectivity index (χ4v) is 3.45. The van der Waals surface area contributed by atoms with Gasteiger partial charge in [0.25, 0.3) is 5.56 Å². The maximum atomic E-state index is 12.1. The topological polar surface area (TPSA) is 96.2 Å². The molecular formula is C23H24N4O4. The van der Waals surface area contributed by atoms with E-state index in [0.29, 0.717) is 41.3 Å². The lowest BCUT2D eigenvalue weighted by atomic mass is 10.1. The van der Waals surface area contributed by atoms with Crippen LogP contribution in [-0.4, -0.2) is 39.2 Å². The SMILES string of the molecule is COC(=O)Cn1cc(-c2cnc(C)nc2OCC2CC2c2ccc(C)cn2)ccc1=O. The lowest BCUT2D eigenvalue weighted by Gasteiger charge is -2.12. The van der Waals surface area contributed by atoms with E-state index in [1.54, 1.807) is 25.4 Å². The van der Waals surface area contributed by atoms with Gasteiger partial charge in [0, 0.05) is 47.8 Å². The van der Waals surface area contributed by atoms with Crippen LogP contribution in [0.4, 0.5) is 0 Å². The van der Waals surface area contributed by atoms with Crippen molar-refractivity contribution < 1.29 is 14.3 Å². The van der Waals surface area contributed by atoms with Gasteiger partial charge in [0.15, 0.2) is 0 Å². The smallest absolute Gasteiger partial charge is 0.325 e. The van der Waals surface area contributed by atoms with Crippen LogP contribution in [0.25, 0.3) is 11.1 Å². The highest BCUT2D eigenvalue weighted by molar-refractivity contribution is 5.70. The summed E-state index contributed by atoms with van der Waals surface area (Å²) in [4.78, 5) is 37.0. The Morgan fingerprint density at radius 1 is 1.16 bits per heavy atom. The van der Waals surface area contributed by atoms with Crippen LogP contribution in [0.5, 0.6) is 5.88 Å². The summed E-state index contributed by atoms with van der Waals surface area (Å²) in [5, 5.41) is 0. The van der Waals surface area contributed by atoms with E-state index in [1.807, 2.05) is 13.1 Å². The molecule has 1 aliphatic rings. The number of carbonyl (C=O) groups excluding carboxylic acids is 1. The minimum Gasteiger partial charge on any atom is -0.477 e. The first-order valence-corrected chi connectivity index (χ1v) is 10.1. The first-order valence-electron chi connectivity index (χ1n) is 10.1. The minimum atomic E-state index is -0.500. The first-order chi connectivity index (χ1) is 14.9. The molecule has 8 nitrogen and oxygen atoms in total. The summed E-state index contributed by atoms with van der Waals surface area (Å²) in [5.41, 5.74) is 3.29. The quantitative estimate of drug-likeness (QED) is 0.542. The molecule has 3 heterocycles. The fourth-order valence-electron chi connectivity index (χ4n) is 3.45. The molecule has 0 bridgehead atoms. The molecule has 0 aromatic carbocycles. The molecule has 0 N–H and O–H groups in total. The molecule has 3 aromatic rings. The van der Waals surface area contributed by atoms with Gasteiger partial charge in [-0.25, -0.2) is 4.98 Å². The van der Waals surface area contributed by atoms with Gasteiger partial charge < -0.3 is 14.0 Å². The van der Waals surface area contributed by atoms with Crippen molar-refractivity contribution in [3.8, 4) is 17.0 Å². The van der Waals surface area contributed by atoms with Gasteiger partial charge in [-0.15, -0.1) is 0 Å². The monoisotopic (exact) mass is 420 g/mol. The van der Waals surface area contributed by atoms with E-state index in [-0.39, 0.29) is 12.1 Å². The highest BCUT2D eigenvalue weighted by Gasteiger charge is 2.40. The molecule has 4 rings (SSSR count). The average molecular weight is 420 g/mol. The Morgan fingerprint density at radius 3 is 2.74 bits per heavy atom. The number of ether oxygens (including phenoxy) is 2. The van der Waals surface area contributed by atoms with Crippen molar-refractivity contribution in [2.75, 3.05) is 13.7 Å². The van der Waals surface area contributed by atoms with Crippen LogP contribution in [-0.2, 0) is 16.1 Å². The number of nitrogens with zero attached hydrogens (tertiary/aromatic N) is 4. The molecule has 0 radical (unpaired) electrons. The molecule has 0 spiro atoms. The van der Waals surface area contributed by atoms with Gasteiger partial charge in [0.1, 0.15) is 12.4 Å². The second-order valence-electron chi connectivity index (χ2n) is 7.77. The molecule has 3 aromatic heterocycles. The predicted octanol–water partition coefficient (Wildman–Crippen LogP) is 2.67. The Morgan fingerprint density at radius 2 is 2.00 bits per heavy atom. The van der Waals surface area contributed by atoms with E-state index in [4.69, 9.17) is 4.74 Å². The third kappa shape index (κ3) is 4.79. The van der Waals surface area contributed by atoms with E-state index in [2.05, 4.69) is 31.8 Å². The molecule has 160 valence electrons. The minimum absolute atomic E-state index is 0.167. The van der Waals surface area contributed by atoms with Crippen LogP contribution in [0, 0.1) is 19.8 Å². The van der Waals surface area contributed by atoms with Gasteiger partial charge in [-0.2, -0.15) is 4.98 Å². The summed E-state index contributed by atoms with van der Waals surface area (Å²) in [6, 6.07) is 7.23. The van der Waals surface area contributed by atoms with E-state index in [1.165, 1.54) is 17.7 Å². The van der Waals surface area contributed by atoms with Crippen molar-refractivity contribution in [3.05, 3.63) is 70.3 Å². The molecule has 2 atom stereocenters. The fraction of sp³-hybridized carbons (Fsp3) is 0.348. The average Bonchev–Trinajstić information content (AvgIpc) is 3.54. The molecule has 2 unspecified atom stereocenters. The molecule has 1 fully saturated rings. The standard InChI is InChI=1S/C23H24N4O4/c1-14-4-6-20(25-9-14)18-8-17(18)13-31-23-19(10-24-15(2)26-23)16-5-7-21(28)27(11-16)12-22(29)30-3/h4-7,9-11,17-18H,8,12-13H2,1-3H3. The number of esters is 1. The first kappa shape index (κ1) is 20.7. The summed E-state index contributed by atoms with van der Waals surface area (Å²) in [6.07, 6.45) is 6.18. The predicted molar refractivity (Wildman–Crippen MR) is 114 cm³/mol. The highest BCUT2D eigenvalue weighted by atomic mass is 16.5. The van der Waals surface area contributed by atoms with Gasteiger partial charge >= 0.3 is 5.97 Å². The van der Waals surface area contributed by atoms with Crippen molar-refractivity contribution in [1.82, 2.24) is 19.5 Å². The molecule has 31 heavy (non-hydrogen) atoms. The van der Waals surface area contributed by atoms with Gasteiger partial charge in [-0.05, 0) is 38.0 Å². The Hall–Kier alpha value is -3.55. The lowest BCUT2D eigenvalue weighted by molar-refractivity contribution is -0.141. The van der Waals surface area contributed by atoms with E-state index >= 15 is 0 Å². The van der Waals surface area contributed by atoms with Gasteiger partial charge in [-0.1, -0.05) is 6.07 Å². The third-order valence-electron chi connectivity index (χ3n) is 5.37. The zero-order chi connectivity index (χ0) is 22.0. The molecule has 0 aliphatic heterocycles. The number of methoxy groups -OCH3 is 1. The second-order valence-corrected chi connectivity index (χ2v) is 7.77. The zero-order valence-corrected chi connectivity index (χ0v) is 17.7. The number of pyridine rings is 2. The summed E-state index contributed by atoms with van der Waals surface area (Å²) in [5.74, 6) is 1.33. The Kier molecular flexibility index (Phi) is 5.79. The zero-order valence-electron chi connectivity index (χ0n) is 17.7. The number of hydrogen-bond donors (Lipinski definition) is 0. The maximum absolute atomic E-state index is 12.1. The summed E-state index contributed by atoms with van der Waals surface area (Å²) in [6.45, 7) is 4.17. The Balaban J connectivity index is 1.52. The molecule has 1 aliphatic carbocycles. The van der Waals surface area contributed by atoms with Crippen molar-refractivity contribution in [2.45, 2.75) is 32.7 Å². The maximum Gasteiger partial charge on any atom is 0.325 e. The third-order valence-corrected chi connectivity index (χ3v) is 5.37. The van der Waals surface area contributed by atoms with Gasteiger partial charge in [-0.3, -0.25) is 14.6 Å². The Labute approximate surface area is 179 Å². The van der Waals surface area contributed by atoms with Crippen molar-refractivity contribution in [2.24, 2.45) is 5.92 Å². The van der Waals surface area contributed by atoms with E-state index in [0.717, 1.165) is 17.7 Å². The second kappa shape index (κ2) is 8.67. The van der Waals surface area contributed by atoms with Gasteiger partial charge in [0.05, 0.1) is 19.3 Å². The van der Waals surface area contributed by atoms with Crippen molar-refractivity contribution >= 4 is 5.97 Å². The number of rotatable bonds is 7. The van der Waals surface area contributed by atoms with Crippen molar-refractivity contribution in [1.29, 1.82) is 0 Å². The largest absolute Gasteiger partial charge is 0.477 e. The van der Waals surface area contributed by atoms with Crippen LogP contribution in [0.2, 0.25) is 0 Å². The summed E-state index contributed by atoms with van der Waals surface area (Å²) < 4.78 is 12.0. The number of carbonyl (C=O) groups is 1. The summed E-state index contributed by atoms with van der Waals surface area (Å²) >= 11 is 0. The Bertz CT molecular complexity index is 1160. The molecule has 8 heteroatoms. The lowest BCUT2D eigenvalue weighted by Crippen LogP contribution is -2.23. The van der Waals surface area contributed by atoms with Crippen LogP contribution in [0.1, 0.15) is 29.4 Å². The van der Waals surface area contributed by atoms with Gasteiger partial charge in [0.2, 0.25) is 5.88 Å². The number of aryl methyl sites for hydroxylation is 2. The van der Waals surface area contributed by atoms with Crippen LogP contribution >= 0.6 is 0 Å². The molecular weight excluding hydrogens is 396 g/mol. The van der Waals surface area contributed by atoms with Crippen LogP contribution in [0.15, 0.2) is 47.7 Å². The van der Waals surface area contributed by atoms with Crippen LogP contribution in [0.3, 0.4) is 0 Å². The normalized spacial score (nSPS) is 17.3. The summed E-state index contributed by atoms with van der Waals surface area (Å²) in [7, 11) is 1.29. The van der Waals surface area contributed by atoms with Crippen molar-refractivity contribution in [3.63, 3.8) is 0 Å². The van der Waals surface area contributed by atoms with E-state index in [9.17, 15) is 9.59 Å². The number of hydrogen-bond acceptors (Lipinski definition) is 7. The molecule has 0 amide bonds. The molecule has 0 saturated heterocycles.